The zero-order chi connectivity index (χ0) is 11.0. The summed E-state index contributed by atoms with van der Waals surface area (Å²) in [7, 11) is 0. The molecule has 0 unspecified atom stereocenters. The zero-order valence-electron chi connectivity index (χ0n) is 9.46. The van der Waals surface area contributed by atoms with Crippen LogP contribution in [0.25, 0.3) is 0 Å². The fraction of sp³-hybridized carbons (Fsp3) is 0.900. The summed E-state index contributed by atoms with van der Waals surface area (Å²) in [5.74, 6) is 1.98. The van der Waals surface area contributed by atoms with Gasteiger partial charge in [-0.2, -0.15) is 0 Å². The predicted molar refractivity (Wildman–Crippen MR) is 65.9 cm³/mol. The van der Waals surface area contributed by atoms with Crippen molar-refractivity contribution in [2.75, 3.05) is 18.1 Å². The molecule has 0 aromatic heterocycles. The van der Waals surface area contributed by atoms with Gasteiger partial charge in [0.25, 0.3) is 0 Å². The molecule has 4 heteroatoms. The summed E-state index contributed by atoms with van der Waals surface area (Å²) in [5.41, 5.74) is 0. The van der Waals surface area contributed by atoms with Crippen molar-refractivity contribution in [2.24, 2.45) is 0 Å². The van der Waals surface area contributed by atoms with Crippen LogP contribution in [-0.2, 0) is 9.53 Å². The molecule has 0 heterocycles. The van der Waals surface area contributed by atoms with Gasteiger partial charge in [-0.05, 0) is 25.4 Å². The van der Waals surface area contributed by atoms with Crippen LogP contribution in [-0.4, -0.2) is 28.2 Å². The average molecular weight is 236 g/mol. The van der Waals surface area contributed by atoms with Crippen molar-refractivity contribution in [2.45, 2.75) is 38.2 Å². The maximum Gasteiger partial charge on any atom is 0.308 e. The van der Waals surface area contributed by atoms with Gasteiger partial charge in [-0.3, -0.25) is 4.79 Å². The van der Waals surface area contributed by atoms with E-state index in [0.717, 1.165) is 11.5 Å². The van der Waals surface area contributed by atoms with Gasteiger partial charge in [0.2, 0.25) is 0 Å². The Balaban J connectivity index is 4.12. The van der Waals surface area contributed by atoms with E-state index < -0.39 is 0 Å². The first kappa shape index (κ1) is 14.2. The Kier molecular flexibility index (Phi) is 7.55. The van der Waals surface area contributed by atoms with Crippen LogP contribution >= 0.6 is 23.5 Å². The molecular weight excluding hydrogens is 216 g/mol. The summed E-state index contributed by atoms with van der Waals surface area (Å²) < 4.78 is 4.95. The Hall–Kier alpha value is 0.170. The molecule has 0 aliphatic heterocycles. The van der Waals surface area contributed by atoms with Crippen molar-refractivity contribution in [3.63, 3.8) is 0 Å². The average Bonchev–Trinajstić information content (AvgIpc) is 2.04. The third-order valence-electron chi connectivity index (χ3n) is 1.67. The van der Waals surface area contributed by atoms with Crippen LogP contribution < -0.4 is 0 Å². The van der Waals surface area contributed by atoms with Crippen LogP contribution in [0.15, 0.2) is 0 Å². The van der Waals surface area contributed by atoms with E-state index in [-0.39, 0.29) is 10.0 Å². The van der Waals surface area contributed by atoms with E-state index in [1.807, 2.05) is 30.4 Å². The number of carbonyl (C=O) groups excluding carboxylic acids is 1. The molecule has 2 nitrogen and oxygen atoms in total. The first-order valence-electron chi connectivity index (χ1n) is 5.01. The molecule has 0 aliphatic rings. The summed E-state index contributed by atoms with van der Waals surface area (Å²) in [6, 6.07) is 0. The normalized spacial score (nSPS) is 11.4. The molecule has 14 heavy (non-hydrogen) atoms. The van der Waals surface area contributed by atoms with Crippen LogP contribution in [0.3, 0.4) is 0 Å². The maximum absolute atomic E-state index is 11.4. The van der Waals surface area contributed by atoms with Gasteiger partial charge in [0.1, 0.15) is 0 Å². The fourth-order valence-electron chi connectivity index (χ4n) is 1.23. The smallest absolute Gasteiger partial charge is 0.308 e. The van der Waals surface area contributed by atoms with Gasteiger partial charge in [0.15, 0.2) is 0 Å². The lowest BCUT2D eigenvalue weighted by molar-refractivity contribution is -0.143. The summed E-state index contributed by atoms with van der Waals surface area (Å²) in [5, 5.41) is 0. The first-order chi connectivity index (χ1) is 6.58. The third-order valence-corrected chi connectivity index (χ3v) is 4.46. The van der Waals surface area contributed by atoms with E-state index in [1.54, 1.807) is 0 Å². The predicted octanol–water partition coefficient (Wildman–Crippen LogP) is 3.16. The van der Waals surface area contributed by atoms with Crippen LogP contribution in [0.4, 0.5) is 0 Å². The van der Waals surface area contributed by atoms with Crippen molar-refractivity contribution in [3.8, 4) is 0 Å². The van der Waals surface area contributed by atoms with E-state index in [0.29, 0.717) is 13.0 Å². The SMILES string of the molecule is CCOC(=O)CC(C)(SCC)SCC. The minimum atomic E-state index is -0.0862. The van der Waals surface area contributed by atoms with E-state index >= 15 is 0 Å². The summed E-state index contributed by atoms with van der Waals surface area (Å²) in [6.07, 6.45) is 0.498. The number of rotatable bonds is 7. The Morgan fingerprint density at radius 1 is 1.21 bits per heavy atom. The molecule has 0 atom stereocenters. The Labute approximate surface area is 95.5 Å². The molecule has 0 aromatic carbocycles. The highest BCUT2D eigenvalue weighted by molar-refractivity contribution is 8.18. The van der Waals surface area contributed by atoms with Crippen LogP contribution in [0.2, 0.25) is 0 Å². The first-order valence-corrected chi connectivity index (χ1v) is 6.98. The van der Waals surface area contributed by atoms with Crippen molar-refractivity contribution >= 4 is 29.5 Å². The molecule has 0 saturated heterocycles. The molecule has 0 N–H and O–H groups in total. The molecule has 0 saturated carbocycles. The maximum atomic E-state index is 11.4. The van der Waals surface area contributed by atoms with Crippen LogP contribution in [0.1, 0.15) is 34.1 Å². The second-order valence-corrected chi connectivity index (χ2v) is 6.77. The Morgan fingerprint density at radius 3 is 2.07 bits per heavy atom. The minimum absolute atomic E-state index is 0.0181. The molecule has 0 spiro atoms. The number of hydrogen-bond donors (Lipinski definition) is 0. The molecule has 0 aliphatic carbocycles. The minimum Gasteiger partial charge on any atom is -0.466 e. The fourth-order valence-corrected chi connectivity index (χ4v) is 3.93. The third kappa shape index (κ3) is 5.81. The Bertz CT molecular complexity index is 166. The highest BCUT2D eigenvalue weighted by atomic mass is 32.2. The van der Waals surface area contributed by atoms with E-state index in [1.165, 1.54) is 0 Å². The van der Waals surface area contributed by atoms with E-state index in [4.69, 9.17) is 4.74 Å². The van der Waals surface area contributed by atoms with Gasteiger partial charge in [-0.15, -0.1) is 23.5 Å². The molecule has 0 amide bonds. The van der Waals surface area contributed by atoms with Crippen molar-refractivity contribution < 1.29 is 9.53 Å². The molecule has 0 fully saturated rings. The number of esters is 1. The van der Waals surface area contributed by atoms with Crippen molar-refractivity contribution in [1.82, 2.24) is 0 Å². The number of carbonyl (C=O) groups is 1. The topological polar surface area (TPSA) is 26.3 Å². The zero-order valence-corrected chi connectivity index (χ0v) is 11.1. The van der Waals surface area contributed by atoms with Gasteiger partial charge in [0.05, 0.1) is 17.1 Å². The lowest BCUT2D eigenvalue weighted by atomic mass is 10.3. The van der Waals surface area contributed by atoms with E-state index in [2.05, 4.69) is 20.8 Å². The van der Waals surface area contributed by atoms with Gasteiger partial charge < -0.3 is 4.74 Å². The van der Waals surface area contributed by atoms with Gasteiger partial charge in [-0.25, -0.2) is 0 Å². The molecule has 0 radical (unpaired) electrons. The van der Waals surface area contributed by atoms with E-state index in [9.17, 15) is 4.79 Å². The highest BCUT2D eigenvalue weighted by Crippen LogP contribution is 2.39. The van der Waals surface area contributed by atoms with Crippen molar-refractivity contribution in [3.05, 3.63) is 0 Å². The lowest BCUT2D eigenvalue weighted by Crippen LogP contribution is -2.22. The monoisotopic (exact) mass is 236 g/mol. The lowest BCUT2D eigenvalue weighted by Gasteiger charge is -2.26. The number of hydrogen-bond acceptors (Lipinski definition) is 4. The summed E-state index contributed by atoms with van der Waals surface area (Å²) >= 11 is 3.64. The largest absolute Gasteiger partial charge is 0.466 e. The highest BCUT2D eigenvalue weighted by Gasteiger charge is 2.28. The van der Waals surface area contributed by atoms with Crippen molar-refractivity contribution in [1.29, 1.82) is 0 Å². The quantitative estimate of drug-likeness (QED) is 0.501. The molecule has 0 rings (SSSR count). The summed E-state index contributed by atoms with van der Waals surface area (Å²) in [4.78, 5) is 11.4. The standard InChI is InChI=1S/C10H20O2S2/c1-5-12-9(11)8-10(4,13-6-2)14-7-3/h5-8H2,1-4H3. The molecule has 0 bridgehead atoms. The molecule has 84 valence electrons. The van der Waals surface area contributed by atoms with Gasteiger partial charge >= 0.3 is 5.97 Å². The Morgan fingerprint density at radius 2 is 1.71 bits per heavy atom. The molecular formula is C10H20O2S2. The second-order valence-electron chi connectivity index (χ2n) is 2.98. The summed E-state index contributed by atoms with van der Waals surface area (Å²) in [6.45, 7) is 8.67. The van der Waals surface area contributed by atoms with Crippen LogP contribution in [0.5, 0.6) is 0 Å². The molecule has 0 aromatic rings. The number of thioether (sulfide) groups is 2. The second kappa shape index (κ2) is 7.46. The number of ether oxygens (including phenoxy) is 1. The van der Waals surface area contributed by atoms with Gasteiger partial charge in [0, 0.05) is 0 Å². The van der Waals surface area contributed by atoms with Crippen LogP contribution in [0, 0.1) is 0 Å². The van der Waals surface area contributed by atoms with Gasteiger partial charge in [-0.1, -0.05) is 13.8 Å².